The molecule has 0 spiro atoms. The summed E-state index contributed by atoms with van der Waals surface area (Å²) in [5.41, 5.74) is 21.3. The number of anilines is 6. The fourth-order valence-corrected chi connectivity index (χ4v) is 19.5. The molecule has 0 amide bonds. The van der Waals surface area contributed by atoms with Crippen molar-refractivity contribution >= 4 is 166 Å². The molecule has 2 aliphatic rings. The lowest BCUT2D eigenvalue weighted by Crippen LogP contribution is -2.61. The van der Waals surface area contributed by atoms with Crippen molar-refractivity contribution in [1.82, 2.24) is 18.3 Å². The van der Waals surface area contributed by atoms with Crippen LogP contribution in [0.15, 0.2) is 368 Å². The van der Waals surface area contributed by atoms with Crippen LogP contribution in [0.2, 0.25) is 0 Å². The van der Waals surface area contributed by atoms with Crippen molar-refractivity contribution in [3.8, 4) is 56.1 Å². The Labute approximate surface area is 732 Å². The zero-order valence-corrected chi connectivity index (χ0v) is 68.6. The van der Waals surface area contributed by atoms with Gasteiger partial charge in [0, 0.05) is 93.7 Å². The SMILES string of the molecule is [2H]c1c([2H])c([2H])c2c(c1[2H])c1c([2H])c([2H])c([2H])c([2H])c1n2-c1ccc2c(c1)N(c1cccc3c1oc1c(-n4c5c([2H])c([2H])c([2H])c([2H])c5c5c([2H])c([2H])c([2H])c([2H])c54)cccc13)c1cc(-n3c4ccc(C(C)(C)C)cc4c4cc(C(C)(C)C)ccc43)cc3c1B2c1ccc(-n2c4ccc(-c5ccccc5)cc4c4cc(C(C)(C)C)ccc42)cc1N3c1cc(-c2ccccc2)cc(-c2ccccc2)c1. The van der Waals surface area contributed by atoms with Crippen molar-refractivity contribution in [3.05, 3.63) is 380 Å². The fourth-order valence-electron chi connectivity index (χ4n) is 19.5. The van der Waals surface area contributed by atoms with Gasteiger partial charge in [-0.15, -0.1) is 0 Å². The molecule has 582 valence electrons. The van der Waals surface area contributed by atoms with Crippen LogP contribution in [-0.2, 0) is 16.2 Å². The number of hydrogen-bond donors (Lipinski definition) is 0. The maximum absolute atomic E-state index is 10.0. The predicted octanol–water partition coefficient (Wildman–Crippen LogP) is 29.0. The molecule has 0 unspecified atom stereocenters. The number of aromatic nitrogens is 4. The molecule has 2 aliphatic heterocycles. The lowest BCUT2D eigenvalue weighted by molar-refractivity contribution is 0.590. The van der Waals surface area contributed by atoms with Gasteiger partial charge >= 0.3 is 0 Å². The van der Waals surface area contributed by atoms with Gasteiger partial charge in [-0.3, -0.25) is 0 Å². The summed E-state index contributed by atoms with van der Waals surface area (Å²) in [7, 11) is 0. The van der Waals surface area contributed by atoms with E-state index in [1.54, 1.807) is 16.7 Å². The first-order valence-electron chi connectivity index (χ1n) is 49.6. The van der Waals surface area contributed by atoms with Gasteiger partial charge in [0.05, 0.1) is 83.1 Å². The number of nitrogens with zero attached hydrogens (tertiary/aromatic N) is 6. The normalized spacial score (nSPS) is 14.9. The highest BCUT2D eigenvalue weighted by Crippen LogP contribution is 2.53. The van der Waals surface area contributed by atoms with Crippen LogP contribution in [0.3, 0.4) is 0 Å². The molecule has 7 heterocycles. The quantitative estimate of drug-likeness (QED) is 0.135. The molecule has 5 aromatic heterocycles. The summed E-state index contributed by atoms with van der Waals surface area (Å²) < 4.78 is 168. The Morgan fingerprint density at radius 1 is 0.238 bits per heavy atom. The van der Waals surface area contributed by atoms with Gasteiger partial charge in [0.2, 0.25) is 0 Å². The minimum atomic E-state index is -0.720. The molecular weight excluding hydrogens is 1480 g/mol. The van der Waals surface area contributed by atoms with Gasteiger partial charge in [0.1, 0.15) is 0 Å². The van der Waals surface area contributed by atoms with Crippen molar-refractivity contribution < 1.29 is 26.3 Å². The summed E-state index contributed by atoms with van der Waals surface area (Å²) >= 11 is 0. The molecule has 0 bridgehead atoms. The van der Waals surface area contributed by atoms with Crippen LogP contribution in [0.5, 0.6) is 0 Å². The molecule has 122 heavy (non-hydrogen) atoms. The molecule has 0 saturated heterocycles. The van der Waals surface area contributed by atoms with Crippen LogP contribution in [0.4, 0.5) is 34.1 Å². The van der Waals surface area contributed by atoms with Crippen molar-refractivity contribution in [2.24, 2.45) is 0 Å². The summed E-state index contributed by atoms with van der Waals surface area (Å²) in [5, 5.41) is 4.93. The average molecular weight is 1580 g/mol. The maximum atomic E-state index is 10.0. The van der Waals surface area contributed by atoms with Gasteiger partial charge in [0.15, 0.2) is 11.2 Å². The molecule has 0 aliphatic carbocycles. The lowest BCUT2D eigenvalue weighted by atomic mass is 9.33. The second-order valence-electron chi connectivity index (χ2n) is 35.7. The Bertz CT molecular complexity index is 8910. The second kappa shape index (κ2) is 26.5. The van der Waals surface area contributed by atoms with E-state index in [1.807, 2.05) is 60.7 Å². The summed E-state index contributed by atoms with van der Waals surface area (Å²) in [6.45, 7) is 19.4. The van der Waals surface area contributed by atoms with E-state index < -0.39 is 103 Å². The summed E-state index contributed by atoms with van der Waals surface area (Å²) in [5.74, 6) is 0. The third-order valence-corrected chi connectivity index (χ3v) is 25.5. The van der Waals surface area contributed by atoms with Crippen LogP contribution in [0.1, 0.15) is 101 Å². The summed E-state index contributed by atoms with van der Waals surface area (Å²) in [6.07, 6.45) is 0. The monoisotopic (exact) mass is 1580 g/mol. The van der Waals surface area contributed by atoms with Gasteiger partial charge < -0.3 is 32.5 Å². The first-order chi connectivity index (χ1) is 66.0. The first-order valence-corrected chi connectivity index (χ1v) is 41.6. The smallest absolute Gasteiger partial charge is 0.252 e. The van der Waals surface area contributed by atoms with E-state index in [1.165, 1.54) is 10.1 Å². The number of hydrogen-bond acceptors (Lipinski definition) is 3. The van der Waals surface area contributed by atoms with Crippen molar-refractivity contribution in [3.63, 3.8) is 0 Å². The first kappa shape index (κ1) is 56.7. The van der Waals surface area contributed by atoms with E-state index in [0.29, 0.717) is 33.4 Å². The van der Waals surface area contributed by atoms with Gasteiger partial charge in [-0.1, -0.05) is 286 Å². The molecule has 17 aromatic carbocycles. The largest absolute Gasteiger partial charge is 0.452 e. The van der Waals surface area contributed by atoms with Crippen molar-refractivity contribution in [1.29, 1.82) is 0 Å². The highest BCUT2D eigenvalue weighted by molar-refractivity contribution is 7.00. The summed E-state index contributed by atoms with van der Waals surface area (Å²) in [6, 6.07) is 85.4. The van der Waals surface area contributed by atoms with Crippen molar-refractivity contribution in [2.75, 3.05) is 9.80 Å². The lowest BCUT2D eigenvalue weighted by Gasteiger charge is -2.44. The van der Waals surface area contributed by atoms with Crippen LogP contribution < -0.4 is 26.2 Å². The molecule has 24 rings (SSSR count). The van der Waals surface area contributed by atoms with E-state index in [0.717, 1.165) is 133 Å². The predicted molar refractivity (Wildman–Crippen MR) is 518 cm³/mol. The molecule has 22 aromatic rings. The Kier molecular flexibility index (Phi) is 12.3. The molecule has 0 atom stereocenters. The highest BCUT2D eigenvalue weighted by Gasteiger charge is 2.46. The Morgan fingerprint density at radius 2 is 0.607 bits per heavy atom. The summed E-state index contributed by atoms with van der Waals surface area (Å²) in [4.78, 5) is 4.62. The molecule has 8 heteroatoms. The van der Waals surface area contributed by atoms with E-state index in [2.05, 4.69) is 275 Å². The third-order valence-electron chi connectivity index (χ3n) is 25.5. The molecule has 0 radical (unpaired) electrons. The van der Waals surface area contributed by atoms with Gasteiger partial charge in [-0.2, -0.15) is 0 Å². The fraction of sp³-hybridized carbons (Fsp3) is 0.105. The van der Waals surface area contributed by atoms with Gasteiger partial charge in [0.25, 0.3) is 6.71 Å². The number of fused-ring (bicyclic) bond motifs is 19. The van der Waals surface area contributed by atoms with E-state index in [-0.39, 0.29) is 76.8 Å². The van der Waals surface area contributed by atoms with Crippen LogP contribution >= 0.6 is 0 Å². The maximum Gasteiger partial charge on any atom is 0.252 e. The zero-order valence-electron chi connectivity index (χ0n) is 84.6. The van der Waals surface area contributed by atoms with Gasteiger partial charge in [-0.05, 0) is 222 Å². The molecular formula is C114H87BN6O. The molecule has 0 saturated carbocycles. The van der Waals surface area contributed by atoms with Crippen LogP contribution in [-0.4, -0.2) is 25.0 Å². The number of furan rings is 1. The van der Waals surface area contributed by atoms with E-state index >= 15 is 0 Å². The van der Waals surface area contributed by atoms with E-state index in [4.69, 9.17) is 7.16 Å². The number of para-hydroxylation sites is 6. The molecule has 7 nitrogen and oxygen atoms in total. The van der Waals surface area contributed by atoms with Crippen LogP contribution in [0, 0.1) is 0 Å². The highest BCUT2D eigenvalue weighted by atomic mass is 16.3. The topological polar surface area (TPSA) is 39.3 Å². The number of rotatable bonds is 9. The Balaban J connectivity index is 0.882. The molecule has 0 N–H and O–H groups in total. The number of benzene rings is 17. The van der Waals surface area contributed by atoms with Crippen molar-refractivity contribution in [2.45, 2.75) is 78.6 Å². The molecule has 0 fully saturated rings. The van der Waals surface area contributed by atoms with Gasteiger partial charge in [-0.25, -0.2) is 0 Å². The second-order valence-corrected chi connectivity index (χ2v) is 35.7. The standard InChI is InChI=1S/C114H87BN6O/c1-112(2,3)76-48-56-100-90(63-76)89-62-73(70-29-13-10-14-30-70)47-55-99(89)117(100)79-51-53-93-105(66-79)119(81-60-74(71-31-15-11-16-32-71)59-75(61-81)72-33-17-12-18-34-72)107-68-82(118-101-57-49-77(113(4,5)6)64-91(101)92-65-78(114(7,8)9)50-58-102(92)118)69-108-109(107)115(93)94-54-52-80(116-95-41-23-19-35-83(95)84-36-20-24-42-96(84)116)67-106(94)121(108)104-46-28-40-88-87-39-27-45-103(110(87)122-111(88)104)120-97-43-25-21-37-85(97)86-38-22-26-44-98(86)120/h10-69H,1-9H3/i19D,20D,21D,22D,23D,24D,25D,26D,35D,36D,37D,38D,41D,42D,43D,44D. The van der Waals surface area contributed by atoms with Crippen LogP contribution in [0.25, 0.3) is 165 Å². The Morgan fingerprint density at radius 3 is 1.07 bits per heavy atom. The minimum Gasteiger partial charge on any atom is -0.452 e. The van der Waals surface area contributed by atoms with E-state index in [9.17, 15) is 19.2 Å². The zero-order chi connectivity index (χ0) is 95.8. The minimum absolute atomic E-state index is 0.0765. The average Bonchev–Trinajstić information content (AvgIpc) is 1.25. The Hall–Kier alpha value is -14.6. The third kappa shape index (κ3) is 10.9.